The second-order valence-corrected chi connectivity index (χ2v) is 7.51. The maximum absolute atomic E-state index is 11.8. The summed E-state index contributed by atoms with van der Waals surface area (Å²) in [7, 11) is 0. The van der Waals surface area contributed by atoms with Crippen LogP contribution in [0.1, 0.15) is 27.2 Å². The number of rotatable bonds is 7. The largest absolute Gasteiger partial charge is 0.483 e. The van der Waals surface area contributed by atoms with Gasteiger partial charge in [0.2, 0.25) is 0 Å². The lowest BCUT2D eigenvalue weighted by molar-refractivity contribution is -0.124. The van der Waals surface area contributed by atoms with E-state index >= 15 is 0 Å². The number of aliphatic hydroxyl groups is 1. The highest BCUT2D eigenvalue weighted by Crippen LogP contribution is 2.28. The Bertz CT molecular complexity index is 490. The third-order valence-electron chi connectivity index (χ3n) is 2.77. The number of hydrogen-bond acceptors (Lipinski definition) is 3. The summed E-state index contributed by atoms with van der Waals surface area (Å²) in [4.78, 5) is 11.8. The summed E-state index contributed by atoms with van der Waals surface area (Å²) in [6, 6.07) is 5.46. The van der Waals surface area contributed by atoms with Gasteiger partial charge in [0.15, 0.2) is 6.61 Å². The number of ether oxygens (including phenoxy) is 1. The summed E-state index contributed by atoms with van der Waals surface area (Å²) in [5.41, 5.74) is -0.901. The number of hydrogen-bond donors (Lipinski definition) is 2. The quantitative estimate of drug-likeness (QED) is 0.706. The van der Waals surface area contributed by atoms with Crippen LogP contribution >= 0.6 is 31.9 Å². The van der Waals surface area contributed by atoms with Crippen molar-refractivity contribution in [2.45, 2.75) is 32.8 Å². The Morgan fingerprint density at radius 1 is 1.43 bits per heavy atom. The molecule has 4 nitrogen and oxygen atoms in total. The molecule has 0 spiro atoms. The van der Waals surface area contributed by atoms with Gasteiger partial charge in [-0.15, -0.1) is 0 Å². The molecule has 1 unspecified atom stereocenters. The van der Waals surface area contributed by atoms with Crippen molar-refractivity contribution in [2.24, 2.45) is 5.92 Å². The fourth-order valence-electron chi connectivity index (χ4n) is 2.03. The number of amides is 1. The predicted molar refractivity (Wildman–Crippen MR) is 90.4 cm³/mol. The first-order valence-electron chi connectivity index (χ1n) is 6.76. The number of carbonyl (C=O) groups is 1. The lowest BCUT2D eigenvalue weighted by Crippen LogP contribution is -2.43. The Balaban J connectivity index is 2.41. The van der Waals surface area contributed by atoms with Crippen molar-refractivity contribution in [3.8, 4) is 5.75 Å². The van der Waals surface area contributed by atoms with Crippen molar-refractivity contribution in [3.05, 3.63) is 27.1 Å². The zero-order valence-corrected chi connectivity index (χ0v) is 15.6. The molecule has 1 rings (SSSR count). The van der Waals surface area contributed by atoms with E-state index in [4.69, 9.17) is 4.74 Å². The molecule has 0 bridgehead atoms. The molecule has 0 fully saturated rings. The van der Waals surface area contributed by atoms with Gasteiger partial charge in [-0.1, -0.05) is 29.8 Å². The number of carbonyl (C=O) groups excluding carboxylic acids is 1. The van der Waals surface area contributed by atoms with E-state index in [9.17, 15) is 9.90 Å². The Kier molecular flexibility index (Phi) is 7.16. The van der Waals surface area contributed by atoms with Crippen LogP contribution in [-0.4, -0.2) is 29.8 Å². The smallest absolute Gasteiger partial charge is 0.258 e. The van der Waals surface area contributed by atoms with Gasteiger partial charge in [0.25, 0.3) is 5.91 Å². The minimum absolute atomic E-state index is 0.0853. The summed E-state index contributed by atoms with van der Waals surface area (Å²) in [5, 5.41) is 12.8. The molecular formula is C15H21Br2NO3. The van der Waals surface area contributed by atoms with Gasteiger partial charge in [0.05, 0.1) is 10.1 Å². The SMILES string of the molecule is CC(C)CC(C)(O)CNC(=O)COc1ccc(Br)cc1Br. The topological polar surface area (TPSA) is 58.6 Å². The fraction of sp³-hybridized carbons (Fsp3) is 0.533. The molecule has 1 amide bonds. The van der Waals surface area contributed by atoms with Gasteiger partial charge >= 0.3 is 0 Å². The highest BCUT2D eigenvalue weighted by molar-refractivity contribution is 9.11. The average Bonchev–Trinajstić information content (AvgIpc) is 2.34. The van der Waals surface area contributed by atoms with Crippen LogP contribution < -0.4 is 10.1 Å². The summed E-state index contributed by atoms with van der Waals surface area (Å²) in [6.07, 6.45) is 0.631. The molecule has 0 heterocycles. The van der Waals surface area contributed by atoms with E-state index in [2.05, 4.69) is 37.2 Å². The molecule has 1 atom stereocenters. The fourth-order valence-corrected chi connectivity index (χ4v) is 3.19. The molecule has 1 aromatic carbocycles. The van der Waals surface area contributed by atoms with Crippen LogP contribution in [0.25, 0.3) is 0 Å². The van der Waals surface area contributed by atoms with Gasteiger partial charge in [-0.3, -0.25) is 4.79 Å². The molecule has 0 aliphatic heterocycles. The Hall–Kier alpha value is -0.590. The minimum Gasteiger partial charge on any atom is -0.483 e. The van der Waals surface area contributed by atoms with E-state index in [1.54, 1.807) is 13.0 Å². The van der Waals surface area contributed by atoms with Crippen LogP contribution in [0, 0.1) is 5.92 Å². The molecule has 0 aliphatic rings. The number of benzene rings is 1. The van der Waals surface area contributed by atoms with E-state index < -0.39 is 5.60 Å². The third-order valence-corrected chi connectivity index (χ3v) is 3.88. The predicted octanol–water partition coefficient (Wildman–Crippen LogP) is 3.50. The molecule has 21 heavy (non-hydrogen) atoms. The zero-order valence-electron chi connectivity index (χ0n) is 12.5. The summed E-state index contributed by atoms with van der Waals surface area (Å²) in [5.74, 6) is 0.711. The van der Waals surface area contributed by atoms with Crippen molar-refractivity contribution in [1.29, 1.82) is 0 Å². The van der Waals surface area contributed by atoms with E-state index in [0.717, 1.165) is 8.95 Å². The van der Waals surface area contributed by atoms with Crippen molar-refractivity contribution < 1.29 is 14.6 Å². The molecule has 6 heteroatoms. The Labute approximate surface area is 142 Å². The van der Waals surface area contributed by atoms with Crippen LogP contribution in [0.15, 0.2) is 27.1 Å². The summed E-state index contributed by atoms with van der Waals surface area (Å²) in [6.45, 7) is 5.92. The van der Waals surface area contributed by atoms with Gasteiger partial charge < -0.3 is 15.2 Å². The summed E-state index contributed by atoms with van der Waals surface area (Å²) >= 11 is 6.72. The first kappa shape index (κ1) is 18.5. The average molecular weight is 423 g/mol. The zero-order chi connectivity index (χ0) is 16.0. The monoisotopic (exact) mass is 421 g/mol. The second-order valence-electron chi connectivity index (χ2n) is 5.74. The van der Waals surface area contributed by atoms with Crippen molar-refractivity contribution >= 4 is 37.8 Å². The minimum atomic E-state index is -0.901. The van der Waals surface area contributed by atoms with Crippen LogP contribution in [0.4, 0.5) is 0 Å². The molecule has 0 saturated heterocycles. The molecular weight excluding hydrogens is 402 g/mol. The highest BCUT2D eigenvalue weighted by Gasteiger charge is 2.22. The van der Waals surface area contributed by atoms with Crippen LogP contribution in [-0.2, 0) is 4.79 Å². The first-order valence-corrected chi connectivity index (χ1v) is 8.35. The molecule has 2 N–H and O–H groups in total. The van der Waals surface area contributed by atoms with E-state index in [0.29, 0.717) is 18.1 Å². The van der Waals surface area contributed by atoms with E-state index in [1.165, 1.54) is 0 Å². The Morgan fingerprint density at radius 2 is 2.10 bits per heavy atom. The van der Waals surface area contributed by atoms with Crippen LogP contribution in [0.5, 0.6) is 5.75 Å². The molecule has 118 valence electrons. The van der Waals surface area contributed by atoms with Crippen molar-refractivity contribution in [1.82, 2.24) is 5.32 Å². The molecule has 0 radical (unpaired) electrons. The van der Waals surface area contributed by atoms with Crippen LogP contribution in [0.3, 0.4) is 0 Å². The van der Waals surface area contributed by atoms with E-state index in [1.807, 2.05) is 26.0 Å². The van der Waals surface area contributed by atoms with Gasteiger partial charge in [0.1, 0.15) is 5.75 Å². The van der Waals surface area contributed by atoms with Gasteiger partial charge in [-0.05, 0) is 53.4 Å². The lowest BCUT2D eigenvalue weighted by atomic mass is 9.94. The third kappa shape index (κ3) is 7.29. The Morgan fingerprint density at radius 3 is 2.67 bits per heavy atom. The number of halogens is 2. The summed E-state index contributed by atoms with van der Waals surface area (Å²) < 4.78 is 7.14. The molecule has 0 aliphatic carbocycles. The first-order chi connectivity index (χ1) is 9.69. The normalized spacial score (nSPS) is 13.9. The molecule has 0 aromatic heterocycles. The molecule has 0 saturated carbocycles. The second kappa shape index (κ2) is 8.15. The van der Waals surface area contributed by atoms with Crippen molar-refractivity contribution in [3.63, 3.8) is 0 Å². The van der Waals surface area contributed by atoms with Gasteiger partial charge in [0, 0.05) is 11.0 Å². The van der Waals surface area contributed by atoms with E-state index in [-0.39, 0.29) is 19.1 Å². The molecule has 1 aromatic rings. The van der Waals surface area contributed by atoms with Gasteiger partial charge in [-0.25, -0.2) is 0 Å². The highest BCUT2D eigenvalue weighted by atomic mass is 79.9. The number of nitrogens with one attached hydrogen (secondary N) is 1. The van der Waals surface area contributed by atoms with Gasteiger partial charge in [-0.2, -0.15) is 0 Å². The lowest BCUT2D eigenvalue weighted by Gasteiger charge is -2.25. The van der Waals surface area contributed by atoms with Crippen molar-refractivity contribution in [2.75, 3.05) is 13.2 Å². The van der Waals surface area contributed by atoms with Crippen LogP contribution in [0.2, 0.25) is 0 Å². The maximum atomic E-state index is 11.8. The maximum Gasteiger partial charge on any atom is 0.258 e. The standard InChI is InChI=1S/C15H21Br2NO3/c1-10(2)7-15(3,20)9-18-14(19)8-21-13-5-4-11(16)6-12(13)17/h4-6,10,20H,7-9H2,1-3H3,(H,18,19).